The molecule has 1 aromatic heterocycles. The predicted octanol–water partition coefficient (Wildman–Crippen LogP) is 2.37. The van der Waals surface area contributed by atoms with Crippen molar-refractivity contribution in [3.8, 4) is 0 Å². The second-order valence-electron chi connectivity index (χ2n) is 5.61. The lowest BCUT2D eigenvalue weighted by molar-refractivity contribution is -0.125. The van der Waals surface area contributed by atoms with Gasteiger partial charge < -0.3 is 4.42 Å². The molecule has 1 saturated heterocycles. The topological polar surface area (TPSA) is 69.9 Å². The number of halogens is 1. The zero-order valence-electron chi connectivity index (χ0n) is 12.6. The summed E-state index contributed by atoms with van der Waals surface area (Å²) < 4.78 is 18.7. The van der Waals surface area contributed by atoms with E-state index in [0.29, 0.717) is 17.3 Å². The summed E-state index contributed by atoms with van der Waals surface area (Å²) in [7, 11) is 0. The summed E-state index contributed by atoms with van der Waals surface area (Å²) in [4.78, 5) is 12.1. The Balaban J connectivity index is 1.48. The van der Waals surface area contributed by atoms with Gasteiger partial charge in [-0.05, 0) is 29.8 Å². The van der Waals surface area contributed by atoms with E-state index < -0.39 is 0 Å². The summed E-state index contributed by atoms with van der Waals surface area (Å²) in [5.41, 5.74) is 6.69. The van der Waals surface area contributed by atoms with E-state index in [9.17, 15) is 9.18 Å². The first-order chi connectivity index (χ1) is 11.7. The van der Waals surface area contributed by atoms with Gasteiger partial charge in [-0.15, -0.1) is 5.10 Å². The molecular formula is C16H15FN4O2S. The number of carbonyl (C=O) groups excluding carboxylic acids is 1. The zero-order valence-corrected chi connectivity index (χ0v) is 13.4. The summed E-state index contributed by atoms with van der Waals surface area (Å²) in [6.07, 6.45) is 2.21. The smallest absolute Gasteiger partial charge is 0.264 e. The van der Waals surface area contributed by atoms with Gasteiger partial charge in [-0.2, -0.15) is 0 Å². The van der Waals surface area contributed by atoms with Gasteiger partial charge in [-0.25, -0.2) is 15.2 Å². The van der Waals surface area contributed by atoms with Crippen LogP contribution in [0.2, 0.25) is 0 Å². The van der Waals surface area contributed by atoms with Gasteiger partial charge in [0.15, 0.2) is 5.17 Å². The maximum Gasteiger partial charge on any atom is 0.264 e. The van der Waals surface area contributed by atoms with Crippen LogP contribution in [0.3, 0.4) is 0 Å². The summed E-state index contributed by atoms with van der Waals surface area (Å²) in [5, 5.41) is 6.55. The summed E-state index contributed by atoms with van der Waals surface area (Å²) in [5.74, 6) is 0.934. The molecule has 0 aliphatic carbocycles. The average molecular weight is 346 g/mol. The number of nitrogens with zero attached hydrogens (tertiary/aromatic N) is 2. The molecule has 124 valence electrons. The van der Waals surface area contributed by atoms with Crippen LogP contribution in [0.25, 0.3) is 0 Å². The molecule has 1 fully saturated rings. The number of carbonyl (C=O) groups is 1. The number of rotatable bonds is 3. The van der Waals surface area contributed by atoms with Crippen molar-refractivity contribution in [1.82, 2.24) is 15.9 Å². The van der Waals surface area contributed by atoms with Crippen LogP contribution in [-0.2, 0) is 10.5 Å². The molecule has 0 bridgehead atoms. The molecule has 8 heteroatoms. The molecule has 2 unspecified atom stereocenters. The normalized spacial score (nSPS) is 23.0. The van der Waals surface area contributed by atoms with Gasteiger partial charge in [-0.3, -0.25) is 9.80 Å². The highest BCUT2D eigenvalue weighted by molar-refractivity contribution is 8.13. The molecule has 0 spiro atoms. The van der Waals surface area contributed by atoms with E-state index in [-0.39, 0.29) is 23.8 Å². The third kappa shape index (κ3) is 2.90. The third-order valence-electron chi connectivity index (χ3n) is 3.98. The quantitative estimate of drug-likeness (QED) is 0.893. The van der Waals surface area contributed by atoms with Crippen LogP contribution in [0, 0.1) is 5.82 Å². The van der Waals surface area contributed by atoms with Crippen LogP contribution in [-0.4, -0.2) is 22.1 Å². The lowest BCUT2D eigenvalue weighted by atomic mass is 10.1. The summed E-state index contributed by atoms with van der Waals surface area (Å²) >= 11 is 1.44. The highest BCUT2D eigenvalue weighted by Crippen LogP contribution is 2.32. The first-order valence-electron chi connectivity index (χ1n) is 7.54. The molecule has 2 aromatic rings. The molecule has 6 nitrogen and oxygen atoms in total. The van der Waals surface area contributed by atoms with Gasteiger partial charge in [0, 0.05) is 12.2 Å². The Kier molecular flexibility index (Phi) is 3.99. The van der Waals surface area contributed by atoms with Crippen molar-refractivity contribution in [1.29, 1.82) is 0 Å². The van der Waals surface area contributed by atoms with Crippen molar-refractivity contribution in [2.75, 3.05) is 0 Å². The number of amidine groups is 1. The lowest BCUT2D eigenvalue weighted by Gasteiger charge is -2.29. The van der Waals surface area contributed by atoms with Crippen LogP contribution in [0.1, 0.15) is 23.8 Å². The lowest BCUT2D eigenvalue weighted by Crippen LogP contribution is -2.52. The van der Waals surface area contributed by atoms with E-state index in [1.807, 2.05) is 18.2 Å². The molecule has 2 atom stereocenters. The second-order valence-corrected chi connectivity index (χ2v) is 6.55. The Morgan fingerprint density at radius 2 is 2.29 bits per heavy atom. The Hall–Kier alpha value is -2.32. The van der Waals surface area contributed by atoms with Crippen molar-refractivity contribution in [3.05, 3.63) is 59.8 Å². The molecule has 1 amide bonds. The van der Waals surface area contributed by atoms with E-state index in [4.69, 9.17) is 4.42 Å². The summed E-state index contributed by atoms with van der Waals surface area (Å²) in [6.45, 7) is 0. The number of benzene rings is 1. The molecule has 2 aliphatic heterocycles. The van der Waals surface area contributed by atoms with Gasteiger partial charge in [0.05, 0.1) is 12.3 Å². The van der Waals surface area contributed by atoms with Gasteiger partial charge >= 0.3 is 0 Å². The van der Waals surface area contributed by atoms with Gasteiger partial charge in [0.2, 0.25) is 0 Å². The molecule has 2 aliphatic rings. The van der Waals surface area contributed by atoms with Crippen molar-refractivity contribution < 1.29 is 13.6 Å². The summed E-state index contributed by atoms with van der Waals surface area (Å²) in [6, 6.07) is 9.74. The van der Waals surface area contributed by atoms with Crippen molar-refractivity contribution in [2.24, 2.45) is 5.10 Å². The Bertz CT molecular complexity index is 780. The van der Waals surface area contributed by atoms with Crippen LogP contribution >= 0.6 is 11.8 Å². The number of fused-ring (bicyclic) bond motifs is 1. The molecule has 24 heavy (non-hydrogen) atoms. The molecular weight excluding hydrogens is 331 g/mol. The second kappa shape index (κ2) is 6.29. The number of hydrazine groups is 1. The number of hydrogen-bond acceptors (Lipinski definition) is 6. The molecule has 4 rings (SSSR count). The molecule has 0 radical (unpaired) electrons. The monoisotopic (exact) mass is 346 g/mol. The van der Waals surface area contributed by atoms with Crippen LogP contribution < -0.4 is 10.9 Å². The minimum absolute atomic E-state index is 0.0752. The number of thioether (sulfide) groups is 1. The van der Waals surface area contributed by atoms with E-state index in [1.54, 1.807) is 17.3 Å². The fraction of sp³-hybridized carbons (Fsp3) is 0.250. The number of furan rings is 1. The first-order valence-corrected chi connectivity index (χ1v) is 8.53. The standard InChI is InChI=1S/C16H15FN4O2S/c17-11-4-1-3-10(7-11)9-24-16-19-18-15(22)13-8-12(20-21(13)16)14-5-2-6-23-14/h1-7,12-13,20H,8-9H2,(H,18,22). The highest BCUT2D eigenvalue weighted by atomic mass is 32.2. The third-order valence-corrected chi connectivity index (χ3v) is 5.00. The fourth-order valence-corrected chi connectivity index (χ4v) is 3.73. The number of nitrogens with one attached hydrogen (secondary N) is 2. The van der Waals surface area contributed by atoms with Crippen LogP contribution in [0.15, 0.2) is 52.2 Å². The first kappa shape index (κ1) is 15.2. The maximum atomic E-state index is 13.3. The number of amides is 1. The number of hydrazone groups is 1. The molecule has 2 N–H and O–H groups in total. The van der Waals surface area contributed by atoms with Gasteiger partial charge in [-0.1, -0.05) is 23.9 Å². The van der Waals surface area contributed by atoms with Gasteiger partial charge in [0.1, 0.15) is 17.6 Å². The maximum absolute atomic E-state index is 13.3. The van der Waals surface area contributed by atoms with Crippen LogP contribution in [0.4, 0.5) is 4.39 Å². The Morgan fingerprint density at radius 3 is 3.08 bits per heavy atom. The molecule has 3 heterocycles. The SMILES string of the molecule is O=C1NN=C(SCc2cccc(F)c2)N2NC(c3ccco3)CC12. The van der Waals surface area contributed by atoms with Crippen molar-refractivity contribution in [2.45, 2.75) is 24.3 Å². The Labute approximate surface area is 142 Å². The Morgan fingerprint density at radius 1 is 1.38 bits per heavy atom. The van der Waals surface area contributed by atoms with Crippen molar-refractivity contribution >= 4 is 22.8 Å². The minimum atomic E-state index is -0.340. The molecule has 1 aromatic carbocycles. The van der Waals surface area contributed by atoms with E-state index in [0.717, 1.165) is 11.3 Å². The van der Waals surface area contributed by atoms with Crippen LogP contribution in [0.5, 0.6) is 0 Å². The highest BCUT2D eigenvalue weighted by Gasteiger charge is 2.42. The fourth-order valence-electron chi connectivity index (χ4n) is 2.83. The van der Waals surface area contributed by atoms with Crippen molar-refractivity contribution in [3.63, 3.8) is 0 Å². The minimum Gasteiger partial charge on any atom is -0.468 e. The van der Waals surface area contributed by atoms with E-state index in [2.05, 4.69) is 16.0 Å². The van der Waals surface area contributed by atoms with E-state index in [1.165, 1.54) is 23.9 Å². The number of hydrogen-bond donors (Lipinski definition) is 2. The predicted molar refractivity (Wildman–Crippen MR) is 88.1 cm³/mol. The average Bonchev–Trinajstić information content (AvgIpc) is 3.24. The zero-order chi connectivity index (χ0) is 16.5. The van der Waals surface area contributed by atoms with Gasteiger partial charge in [0.25, 0.3) is 5.91 Å². The largest absolute Gasteiger partial charge is 0.468 e. The van der Waals surface area contributed by atoms with E-state index >= 15 is 0 Å². The molecule has 0 saturated carbocycles.